The number of thioether (sulfide) groups is 1. The van der Waals surface area contributed by atoms with Gasteiger partial charge in [-0.1, -0.05) is 6.92 Å². The number of hydrogen-bond acceptors (Lipinski definition) is 5. The summed E-state index contributed by atoms with van der Waals surface area (Å²) < 4.78 is 26.1. The number of nitrogens with one attached hydrogen (secondary N) is 1. The number of anilines is 1. The fraction of sp³-hybridized carbons (Fsp3) is 0.455. The van der Waals surface area contributed by atoms with Gasteiger partial charge in [-0.05, 0) is 31.7 Å². The molecule has 0 amide bonds. The van der Waals surface area contributed by atoms with Crippen LogP contribution in [0.25, 0.3) is 0 Å². The molecule has 1 atom stereocenters. The minimum Gasteiger partial charge on any atom is -0.399 e. The molecule has 7 heteroatoms. The van der Waals surface area contributed by atoms with Crippen LogP contribution < -0.4 is 10.5 Å². The Hall–Kier alpha value is -0.760. The molecule has 1 aromatic carbocycles. The molecule has 0 fully saturated rings. The molecular formula is C11H18N2O3S2. The zero-order chi connectivity index (χ0) is 13.8. The van der Waals surface area contributed by atoms with E-state index in [9.17, 15) is 8.42 Å². The van der Waals surface area contributed by atoms with Gasteiger partial charge in [-0.25, -0.2) is 13.1 Å². The number of rotatable bonds is 6. The maximum Gasteiger partial charge on any atom is 0.241 e. The highest BCUT2D eigenvalue weighted by Crippen LogP contribution is 2.32. The average molecular weight is 290 g/mol. The minimum absolute atomic E-state index is 0.0806. The van der Waals surface area contributed by atoms with E-state index in [0.29, 0.717) is 17.0 Å². The molecule has 1 aromatic rings. The molecule has 0 radical (unpaired) electrons. The van der Waals surface area contributed by atoms with Crippen molar-refractivity contribution in [1.29, 1.82) is 0 Å². The molecule has 0 saturated carbocycles. The number of aliphatic hydroxyl groups is 1. The number of aliphatic hydroxyl groups excluding tert-OH is 1. The predicted octanol–water partition coefficient (Wildman–Crippen LogP) is 1.04. The van der Waals surface area contributed by atoms with Crippen LogP contribution >= 0.6 is 11.8 Å². The number of nitrogens with two attached hydrogens (primary N) is 1. The lowest BCUT2D eigenvalue weighted by molar-refractivity contribution is 0.289. The Kier molecular flexibility index (Phi) is 5.46. The van der Waals surface area contributed by atoms with Crippen molar-refractivity contribution in [2.24, 2.45) is 0 Å². The highest BCUT2D eigenvalue weighted by Gasteiger charge is 2.18. The zero-order valence-corrected chi connectivity index (χ0v) is 12.0. The summed E-state index contributed by atoms with van der Waals surface area (Å²) in [5, 5.41) is 9.00. The van der Waals surface area contributed by atoms with E-state index in [0.717, 1.165) is 0 Å². The lowest BCUT2D eigenvalue weighted by Gasteiger charge is -2.14. The molecular weight excluding hydrogens is 272 g/mol. The fourth-order valence-corrected chi connectivity index (χ4v) is 3.70. The Balaban J connectivity index is 3.12. The van der Waals surface area contributed by atoms with E-state index in [4.69, 9.17) is 10.8 Å². The van der Waals surface area contributed by atoms with Gasteiger partial charge < -0.3 is 10.8 Å². The van der Waals surface area contributed by atoms with Gasteiger partial charge >= 0.3 is 0 Å². The predicted molar refractivity (Wildman–Crippen MR) is 74.1 cm³/mol. The van der Waals surface area contributed by atoms with Crippen molar-refractivity contribution in [2.75, 3.05) is 19.4 Å². The van der Waals surface area contributed by atoms with Crippen LogP contribution in [-0.4, -0.2) is 32.4 Å². The normalized spacial score (nSPS) is 13.5. The summed E-state index contributed by atoms with van der Waals surface area (Å²) in [6.45, 7) is 2.02. The van der Waals surface area contributed by atoms with Crippen LogP contribution in [0, 0.1) is 0 Å². The van der Waals surface area contributed by atoms with Crippen LogP contribution in [0.5, 0.6) is 0 Å². The van der Waals surface area contributed by atoms with E-state index in [2.05, 4.69) is 4.72 Å². The Labute approximate surface area is 112 Å². The van der Waals surface area contributed by atoms with Gasteiger partial charge in [0, 0.05) is 22.4 Å². The topological polar surface area (TPSA) is 92.4 Å². The van der Waals surface area contributed by atoms with Crippen LogP contribution in [0.3, 0.4) is 0 Å². The van der Waals surface area contributed by atoms with Gasteiger partial charge in [-0.3, -0.25) is 0 Å². The quantitative estimate of drug-likeness (QED) is 0.538. The fourth-order valence-electron chi connectivity index (χ4n) is 1.40. The highest BCUT2D eigenvalue weighted by molar-refractivity contribution is 8.00. The van der Waals surface area contributed by atoms with Crippen molar-refractivity contribution in [3.05, 3.63) is 18.2 Å². The summed E-state index contributed by atoms with van der Waals surface area (Å²) in [5.41, 5.74) is 6.03. The number of hydrogen-bond donors (Lipinski definition) is 3. The molecule has 0 spiro atoms. The summed E-state index contributed by atoms with van der Waals surface area (Å²) in [6.07, 6.45) is 0.605. The summed E-state index contributed by atoms with van der Waals surface area (Å²) >= 11 is 1.41. The van der Waals surface area contributed by atoms with Gasteiger partial charge in [-0.15, -0.1) is 11.8 Å². The van der Waals surface area contributed by atoms with Crippen molar-refractivity contribution in [3.63, 3.8) is 0 Å². The molecule has 0 bridgehead atoms. The molecule has 5 nitrogen and oxygen atoms in total. The molecule has 18 heavy (non-hydrogen) atoms. The average Bonchev–Trinajstić information content (AvgIpc) is 2.31. The molecule has 0 aliphatic rings. The molecule has 0 aliphatic carbocycles. The van der Waals surface area contributed by atoms with Crippen LogP contribution in [0.1, 0.15) is 13.3 Å². The first-order chi connectivity index (χ1) is 8.40. The molecule has 4 N–H and O–H groups in total. The van der Waals surface area contributed by atoms with E-state index < -0.39 is 10.0 Å². The second-order valence-corrected chi connectivity index (χ2v) is 7.19. The van der Waals surface area contributed by atoms with Gasteiger partial charge in [0.05, 0.1) is 4.90 Å². The molecule has 1 unspecified atom stereocenters. The van der Waals surface area contributed by atoms with E-state index in [1.807, 2.05) is 6.92 Å². The Morgan fingerprint density at radius 1 is 1.50 bits per heavy atom. The van der Waals surface area contributed by atoms with Gasteiger partial charge in [0.15, 0.2) is 0 Å². The van der Waals surface area contributed by atoms with Crippen LogP contribution in [-0.2, 0) is 10.0 Å². The molecule has 0 heterocycles. The lowest BCUT2D eigenvalue weighted by atomic mass is 10.3. The first kappa shape index (κ1) is 15.3. The molecule has 102 valence electrons. The first-order valence-corrected chi connectivity index (χ1v) is 7.87. The monoisotopic (exact) mass is 290 g/mol. The number of benzene rings is 1. The summed E-state index contributed by atoms with van der Waals surface area (Å²) in [6, 6.07) is 4.81. The number of nitrogen functional groups attached to an aromatic ring is 1. The largest absolute Gasteiger partial charge is 0.399 e. The maximum absolute atomic E-state index is 11.9. The van der Waals surface area contributed by atoms with Gasteiger partial charge in [0.1, 0.15) is 0 Å². The van der Waals surface area contributed by atoms with Crippen molar-refractivity contribution >= 4 is 27.5 Å². The summed E-state index contributed by atoms with van der Waals surface area (Å²) in [5.74, 6) is 0. The highest BCUT2D eigenvalue weighted by atomic mass is 32.2. The third-order valence-electron chi connectivity index (χ3n) is 2.39. The van der Waals surface area contributed by atoms with Gasteiger partial charge in [0.25, 0.3) is 0 Å². The molecule has 0 aromatic heterocycles. The van der Waals surface area contributed by atoms with E-state index in [-0.39, 0.29) is 16.8 Å². The Morgan fingerprint density at radius 2 is 2.17 bits per heavy atom. The lowest BCUT2D eigenvalue weighted by Crippen LogP contribution is -2.19. The second kappa shape index (κ2) is 6.42. The molecule has 1 rings (SSSR count). The van der Waals surface area contributed by atoms with E-state index in [1.165, 1.54) is 24.9 Å². The van der Waals surface area contributed by atoms with E-state index in [1.54, 1.807) is 12.1 Å². The third kappa shape index (κ3) is 3.88. The van der Waals surface area contributed by atoms with E-state index >= 15 is 0 Å². The SMILES string of the molecule is CNS(=O)(=O)c1cc(N)ccc1SC(C)CCO. The maximum atomic E-state index is 11.9. The second-order valence-electron chi connectivity index (χ2n) is 3.85. The zero-order valence-electron chi connectivity index (χ0n) is 10.4. The first-order valence-electron chi connectivity index (χ1n) is 5.51. The van der Waals surface area contributed by atoms with Crippen LogP contribution in [0.2, 0.25) is 0 Å². The Morgan fingerprint density at radius 3 is 2.72 bits per heavy atom. The van der Waals surface area contributed by atoms with Gasteiger partial charge in [-0.2, -0.15) is 0 Å². The molecule has 0 aliphatic heterocycles. The van der Waals surface area contributed by atoms with Crippen molar-refractivity contribution in [2.45, 2.75) is 28.4 Å². The van der Waals surface area contributed by atoms with Crippen molar-refractivity contribution in [3.8, 4) is 0 Å². The number of sulfonamides is 1. The van der Waals surface area contributed by atoms with Crippen molar-refractivity contribution in [1.82, 2.24) is 4.72 Å². The molecule has 0 saturated heterocycles. The van der Waals surface area contributed by atoms with Crippen LogP contribution in [0.4, 0.5) is 5.69 Å². The van der Waals surface area contributed by atoms with Crippen LogP contribution in [0.15, 0.2) is 28.0 Å². The summed E-state index contributed by atoms with van der Waals surface area (Å²) in [4.78, 5) is 0.819. The standard InChI is InChI=1S/C11H18N2O3S2/c1-8(5-6-14)17-10-4-3-9(12)7-11(10)18(15,16)13-2/h3-4,7-8,13-14H,5-6,12H2,1-2H3. The minimum atomic E-state index is -3.53. The van der Waals surface area contributed by atoms with Crippen molar-refractivity contribution < 1.29 is 13.5 Å². The Bertz CT molecular complexity index is 503. The smallest absolute Gasteiger partial charge is 0.241 e. The van der Waals surface area contributed by atoms with Gasteiger partial charge in [0.2, 0.25) is 10.0 Å². The third-order valence-corrected chi connectivity index (χ3v) is 5.22. The summed E-state index contributed by atoms with van der Waals surface area (Å²) in [7, 11) is -2.16.